The van der Waals surface area contributed by atoms with Crippen molar-refractivity contribution in [2.75, 3.05) is 19.6 Å². The van der Waals surface area contributed by atoms with Gasteiger partial charge >= 0.3 is 0 Å². The van der Waals surface area contributed by atoms with E-state index in [9.17, 15) is 4.79 Å². The van der Waals surface area contributed by atoms with Crippen molar-refractivity contribution in [3.63, 3.8) is 0 Å². The summed E-state index contributed by atoms with van der Waals surface area (Å²) in [7, 11) is 0. The van der Waals surface area contributed by atoms with Gasteiger partial charge in [-0.15, -0.1) is 0 Å². The summed E-state index contributed by atoms with van der Waals surface area (Å²) in [5.41, 5.74) is 0.799. The van der Waals surface area contributed by atoms with Crippen molar-refractivity contribution in [1.29, 1.82) is 0 Å². The number of rotatable bonds is 4. The van der Waals surface area contributed by atoms with Gasteiger partial charge in [0.25, 0.3) is 0 Å². The summed E-state index contributed by atoms with van der Waals surface area (Å²) in [6, 6.07) is 7.26. The van der Waals surface area contributed by atoms with E-state index in [1.165, 1.54) is 6.42 Å². The van der Waals surface area contributed by atoms with E-state index in [-0.39, 0.29) is 11.7 Å². The van der Waals surface area contributed by atoms with Gasteiger partial charge in [-0.3, -0.25) is 4.79 Å². The lowest BCUT2D eigenvalue weighted by atomic mass is 9.89. The molecule has 0 aliphatic carbocycles. The molecular weight excluding hydrogens is 246 g/mol. The maximum absolute atomic E-state index is 12.3. The lowest BCUT2D eigenvalue weighted by molar-refractivity contribution is 0.0840. The molecule has 1 fully saturated rings. The quantitative estimate of drug-likeness (QED) is 0.775. The van der Waals surface area contributed by atoms with Gasteiger partial charge in [0.2, 0.25) is 0 Å². The minimum atomic E-state index is 0.194. The summed E-state index contributed by atoms with van der Waals surface area (Å²) in [6.45, 7) is 5.46. The Morgan fingerprint density at radius 3 is 2.44 bits per heavy atom. The SMILES string of the molecule is CCCN1CCC(C(=O)c2ccc(Cl)cc2)CC1. The Balaban J connectivity index is 1.93. The van der Waals surface area contributed by atoms with Crippen molar-refractivity contribution in [2.24, 2.45) is 5.92 Å². The van der Waals surface area contributed by atoms with Gasteiger partial charge in [0.15, 0.2) is 5.78 Å². The molecule has 0 N–H and O–H groups in total. The second kappa shape index (κ2) is 6.35. The van der Waals surface area contributed by atoms with Gasteiger partial charge in [-0.05, 0) is 63.2 Å². The van der Waals surface area contributed by atoms with Crippen LogP contribution in [0.15, 0.2) is 24.3 Å². The van der Waals surface area contributed by atoms with Crippen LogP contribution in [0.5, 0.6) is 0 Å². The molecule has 0 amide bonds. The molecule has 1 saturated heterocycles. The van der Waals surface area contributed by atoms with Crippen molar-refractivity contribution >= 4 is 17.4 Å². The Labute approximate surface area is 114 Å². The first-order valence-electron chi connectivity index (χ1n) is 6.73. The van der Waals surface area contributed by atoms with Crippen LogP contribution < -0.4 is 0 Å². The van der Waals surface area contributed by atoms with E-state index in [0.717, 1.165) is 38.0 Å². The number of nitrogens with zero attached hydrogens (tertiary/aromatic N) is 1. The number of benzene rings is 1. The number of carbonyl (C=O) groups excluding carboxylic acids is 1. The summed E-state index contributed by atoms with van der Waals surface area (Å²) in [4.78, 5) is 14.8. The Bertz CT molecular complexity index is 393. The van der Waals surface area contributed by atoms with Crippen molar-refractivity contribution in [3.05, 3.63) is 34.9 Å². The molecule has 98 valence electrons. The fourth-order valence-corrected chi connectivity index (χ4v) is 2.71. The number of hydrogen-bond donors (Lipinski definition) is 0. The third-order valence-corrected chi connectivity index (χ3v) is 3.88. The Morgan fingerprint density at radius 2 is 1.89 bits per heavy atom. The number of Topliss-reactive ketones (excluding diaryl/α,β-unsaturated/α-hetero) is 1. The zero-order valence-corrected chi connectivity index (χ0v) is 11.6. The van der Waals surface area contributed by atoms with Crippen molar-refractivity contribution < 1.29 is 4.79 Å². The molecule has 1 aromatic rings. The fourth-order valence-electron chi connectivity index (χ4n) is 2.58. The summed E-state index contributed by atoms with van der Waals surface area (Å²) < 4.78 is 0. The van der Waals surface area contributed by atoms with Crippen molar-refractivity contribution in [2.45, 2.75) is 26.2 Å². The van der Waals surface area contributed by atoms with Crippen LogP contribution in [0.1, 0.15) is 36.5 Å². The van der Waals surface area contributed by atoms with Gasteiger partial charge in [0, 0.05) is 16.5 Å². The van der Waals surface area contributed by atoms with Crippen LogP contribution in [0.3, 0.4) is 0 Å². The first-order chi connectivity index (χ1) is 8.70. The van der Waals surface area contributed by atoms with E-state index in [1.807, 2.05) is 12.1 Å². The minimum absolute atomic E-state index is 0.194. The van der Waals surface area contributed by atoms with Gasteiger partial charge < -0.3 is 4.90 Å². The molecule has 3 heteroatoms. The average Bonchev–Trinajstić information content (AvgIpc) is 2.40. The summed E-state index contributed by atoms with van der Waals surface area (Å²) in [5, 5.41) is 0.685. The van der Waals surface area contributed by atoms with Gasteiger partial charge in [-0.1, -0.05) is 18.5 Å². The maximum atomic E-state index is 12.3. The van der Waals surface area contributed by atoms with E-state index < -0.39 is 0 Å². The molecule has 1 aromatic carbocycles. The summed E-state index contributed by atoms with van der Waals surface area (Å²) in [6.07, 6.45) is 3.17. The van der Waals surface area contributed by atoms with Gasteiger partial charge in [-0.25, -0.2) is 0 Å². The molecule has 1 heterocycles. The molecule has 0 aromatic heterocycles. The predicted octanol–water partition coefficient (Wildman–Crippen LogP) is 3.64. The lowest BCUT2D eigenvalue weighted by Gasteiger charge is -2.30. The third kappa shape index (κ3) is 3.33. The molecule has 0 saturated carbocycles. The molecule has 0 unspecified atom stereocenters. The van der Waals surface area contributed by atoms with Crippen molar-refractivity contribution in [1.82, 2.24) is 4.90 Å². The number of piperidine rings is 1. The largest absolute Gasteiger partial charge is 0.303 e. The second-order valence-corrected chi connectivity index (χ2v) is 5.42. The molecule has 0 bridgehead atoms. The first kappa shape index (κ1) is 13.6. The highest BCUT2D eigenvalue weighted by molar-refractivity contribution is 6.30. The average molecular weight is 266 g/mol. The van der Waals surface area contributed by atoms with Gasteiger partial charge in [-0.2, -0.15) is 0 Å². The van der Waals surface area contributed by atoms with E-state index >= 15 is 0 Å². The highest BCUT2D eigenvalue weighted by Crippen LogP contribution is 2.22. The second-order valence-electron chi connectivity index (χ2n) is 4.99. The molecule has 1 aliphatic heterocycles. The molecule has 2 nitrogen and oxygen atoms in total. The van der Waals surface area contributed by atoms with Crippen LogP contribution in [-0.2, 0) is 0 Å². The topological polar surface area (TPSA) is 20.3 Å². The Kier molecular flexibility index (Phi) is 4.79. The smallest absolute Gasteiger partial charge is 0.166 e. The van der Waals surface area contributed by atoms with Crippen LogP contribution in [0.25, 0.3) is 0 Å². The summed E-state index contributed by atoms with van der Waals surface area (Å²) in [5.74, 6) is 0.474. The molecule has 0 radical (unpaired) electrons. The van der Waals surface area contributed by atoms with Crippen molar-refractivity contribution in [3.8, 4) is 0 Å². The monoisotopic (exact) mass is 265 g/mol. The molecule has 2 rings (SSSR count). The number of halogens is 1. The first-order valence-corrected chi connectivity index (χ1v) is 7.10. The molecule has 0 atom stereocenters. The predicted molar refractivity (Wildman–Crippen MR) is 75.2 cm³/mol. The van der Waals surface area contributed by atoms with E-state index in [4.69, 9.17) is 11.6 Å². The summed E-state index contributed by atoms with van der Waals surface area (Å²) >= 11 is 5.84. The highest BCUT2D eigenvalue weighted by atomic mass is 35.5. The van der Waals surface area contributed by atoms with Crippen LogP contribution >= 0.6 is 11.6 Å². The van der Waals surface area contributed by atoms with Gasteiger partial charge in [0.1, 0.15) is 0 Å². The number of hydrogen-bond acceptors (Lipinski definition) is 2. The minimum Gasteiger partial charge on any atom is -0.303 e. The normalized spacial score (nSPS) is 17.9. The lowest BCUT2D eigenvalue weighted by Crippen LogP contribution is -2.36. The standard InChI is InChI=1S/C15H20ClNO/c1-2-9-17-10-7-13(8-11-17)15(18)12-3-5-14(16)6-4-12/h3-6,13H,2,7-11H2,1H3. The van der Waals surface area contributed by atoms with Crippen LogP contribution in [0.2, 0.25) is 5.02 Å². The van der Waals surface area contributed by atoms with E-state index in [1.54, 1.807) is 12.1 Å². The number of carbonyl (C=O) groups is 1. The zero-order valence-electron chi connectivity index (χ0n) is 10.9. The number of ketones is 1. The fraction of sp³-hybridized carbons (Fsp3) is 0.533. The molecule has 0 spiro atoms. The van der Waals surface area contributed by atoms with E-state index in [0.29, 0.717) is 5.02 Å². The Hall–Kier alpha value is -0.860. The number of likely N-dealkylation sites (tertiary alicyclic amines) is 1. The molecule has 1 aliphatic rings. The highest BCUT2D eigenvalue weighted by Gasteiger charge is 2.25. The molecular formula is C15H20ClNO. The van der Waals surface area contributed by atoms with Gasteiger partial charge in [0.05, 0.1) is 0 Å². The zero-order chi connectivity index (χ0) is 13.0. The third-order valence-electron chi connectivity index (χ3n) is 3.63. The van der Waals surface area contributed by atoms with E-state index in [2.05, 4.69) is 11.8 Å². The van der Waals surface area contributed by atoms with Crippen LogP contribution in [-0.4, -0.2) is 30.3 Å². The van der Waals surface area contributed by atoms with Crippen LogP contribution in [0.4, 0.5) is 0 Å². The molecule has 18 heavy (non-hydrogen) atoms. The Morgan fingerprint density at radius 1 is 1.28 bits per heavy atom. The maximum Gasteiger partial charge on any atom is 0.166 e. The van der Waals surface area contributed by atoms with Crippen LogP contribution in [0, 0.1) is 5.92 Å².